The van der Waals surface area contributed by atoms with Crippen molar-refractivity contribution in [1.82, 2.24) is 30.2 Å². The number of nitrogens with one attached hydrogen (secondary N) is 3. The highest BCUT2D eigenvalue weighted by Crippen LogP contribution is 2.47. The van der Waals surface area contributed by atoms with Crippen LogP contribution in [0.1, 0.15) is 92.2 Å². The number of fused-ring (bicyclic) bond motifs is 3. The van der Waals surface area contributed by atoms with Gasteiger partial charge in [0.2, 0.25) is 27.7 Å². The number of rotatable bonds is 7. The topological polar surface area (TPSA) is 195 Å². The summed E-state index contributed by atoms with van der Waals surface area (Å²) in [6, 6.07) is 3.10. The molecule has 7 atom stereocenters. The number of ether oxygens (including phenoxy) is 3. The van der Waals surface area contributed by atoms with Crippen LogP contribution in [0.25, 0.3) is 11.0 Å². The molecule has 4 aliphatic rings. The highest BCUT2D eigenvalue weighted by Gasteiger charge is 2.63. The Morgan fingerprint density at radius 2 is 1.80 bits per heavy atom. The lowest BCUT2D eigenvalue weighted by Crippen LogP contribution is -2.59. The molecule has 2 aliphatic heterocycles. The van der Waals surface area contributed by atoms with E-state index in [2.05, 4.69) is 32.2 Å². The van der Waals surface area contributed by atoms with E-state index in [1.54, 1.807) is 59.9 Å². The first kappa shape index (κ1) is 40.2. The van der Waals surface area contributed by atoms with Gasteiger partial charge in [-0.15, -0.1) is 0 Å². The molecule has 2 saturated carbocycles. The van der Waals surface area contributed by atoms with Crippen molar-refractivity contribution < 1.29 is 41.8 Å². The third-order valence-corrected chi connectivity index (χ3v) is 13.4. The lowest BCUT2D eigenvalue weighted by molar-refractivity contribution is -0.142. The average Bonchev–Trinajstić information content (AvgIpc) is 3.98. The minimum atomic E-state index is -4.00. The number of amides is 4. The zero-order chi connectivity index (χ0) is 40.1. The van der Waals surface area contributed by atoms with Gasteiger partial charge in [0, 0.05) is 18.4 Å². The largest absolute Gasteiger partial charge is 0.497 e. The molecule has 2 aliphatic carbocycles. The summed E-state index contributed by atoms with van der Waals surface area (Å²) in [4.78, 5) is 67.0. The van der Waals surface area contributed by atoms with Crippen LogP contribution in [0.5, 0.6) is 11.6 Å². The van der Waals surface area contributed by atoms with Gasteiger partial charge < -0.3 is 29.7 Å². The fraction of sp³-hybridized carbons (Fsp3) is 0.641. The van der Waals surface area contributed by atoms with E-state index in [1.165, 1.54) is 4.90 Å². The maximum Gasteiger partial charge on any atom is 0.408 e. The van der Waals surface area contributed by atoms with Crippen molar-refractivity contribution in [3.05, 3.63) is 36.0 Å². The average molecular weight is 783 g/mol. The summed E-state index contributed by atoms with van der Waals surface area (Å²) in [6.45, 7) is 12.4. The molecule has 0 spiro atoms. The summed E-state index contributed by atoms with van der Waals surface area (Å²) in [5.41, 5.74) is -0.700. The Balaban J connectivity index is 1.35. The third kappa shape index (κ3) is 8.68. The van der Waals surface area contributed by atoms with Gasteiger partial charge in [0.1, 0.15) is 40.8 Å². The molecule has 1 aromatic heterocycles. The number of allylic oxidation sites excluding steroid dienone is 1. The molecule has 0 radical (unpaired) electrons. The molecule has 55 heavy (non-hydrogen) atoms. The molecule has 4 amide bonds. The molecule has 15 nitrogen and oxygen atoms in total. The lowest BCUT2D eigenvalue weighted by atomic mass is 9.88. The number of aromatic nitrogens is 2. The number of alkyl carbamates (subject to hydrolysis) is 1. The molecule has 3 heterocycles. The Kier molecular flexibility index (Phi) is 10.9. The molecule has 0 unspecified atom stereocenters. The van der Waals surface area contributed by atoms with E-state index in [9.17, 15) is 27.6 Å². The molecular weight excluding hydrogens is 729 g/mol. The molecular formula is C39H54N6O9S. The van der Waals surface area contributed by atoms with Crippen LogP contribution in [0.15, 0.2) is 30.4 Å². The Hall–Kier alpha value is -4.47. The molecule has 1 aromatic carbocycles. The predicted molar refractivity (Wildman–Crippen MR) is 204 cm³/mol. The highest BCUT2D eigenvalue weighted by atomic mass is 32.2. The van der Waals surface area contributed by atoms with E-state index in [4.69, 9.17) is 14.2 Å². The van der Waals surface area contributed by atoms with Crippen LogP contribution in [0.2, 0.25) is 0 Å². The maximum absolute atomic E-state index is 14.8. The normalized spacial score (nSPS) is 30.1. The van der Waals surface area contributed by atoms with Gasteiger partial charge in [-0.3, -0.25) is 19.1 Å². The standard InChI is InChI=1S/C39H54N6O9S/c1-22-11-9-10-12-25-20-39(25,35(48)44-55(50,51)38(7)15-16-38)43-32(46)30-19-27(53-33-24(3)40-28-14-13-26(52-8)18-29(28)41-33)21-45(30)34(47)31(23(2)17-22)42-36(49)54-37(4,5)6/h10,12-14,18,22-23,25,27,30-31H,9,11,15-17,19-21H2,1-8H3,(H,42,49)(H,43,46)(H,44,48)/b12-10-/t22-,23-,25-,27-,30+,31+,39-/m1/s1. The van der Waals surface area contributed by atoms with Crippen molar-refractivity contribution in [3.63, 3.8) is 0 Å². The van der Waals surface area contributed by atoms with Crippen molar-refractivity contribution in [3.8, 4) is 11.6 Å². The van der Waals surface area contributed by atoms with Crippen LogP contribution < -0.4 is 24.8 Å². The van der Waals surface area contributed by atoms with Gasteiger partial charge in [0.15, 0.2) is 0 Å². The van der Waals surface area contributed by atoms with Crippen LogP contribution in [-0.2, 0) is 29.1 Å². The van der Waals surface area contributed by atoms with Gasteiger partial charge in [-0.25, -0.2) is 23.2 Å². The van der Waals surface area contributed by atoms with Crippen molar-refractivity contribution in [2.24, 2.45) is 17.8 Å². The Morgan fingerprint density at radius 1 is 1.07 bits per heavy atom. The molecule has 2 aromatic rings. The second kappa shape index (κ2) is 14.9. The SMILES string of the molecule is COc1ccc2nc(C)c(O[C@@H]3C[C@H]4C(=O)N[C@]5(C(=O)NS(=O)(=O)C6(C)CC6)C[C@H]5/C=C\CC[C@@H](C)C[C@@H](C)[C@H](NC(=O)OC(C)(C)C)C(=O)N4C3)nc2c1. The van der Waals surface area contributed by atoms with Gasteiger partial charge in [-0.05, 0) is 97.1 Å². The van der Waals surface area contributed by atoms with E-state index >= 15 is 0 Å². The van der Waals surface area contributed by atoms with Crippen LogP contribution in [0.3, 0.4) is 0 Å². The summed E-state index contributed by atoms with van der Waals surface area (Å²) < 4.78 is 44.9. The molecule has 1 saturated heterocycles. The summed E-state index contributed by atoms with van der Waals surface area (Å²) in [7, 11) is -2.45. The van der Waals surface area contributed by atoms with Gasteiger partial charge in [0.05, 0.1) is 29.4 Å². The first-order valence-electron chi connectivity index (χ1n) is 19.1. The Bertz CT molecular complexity index is 1990. The van der Waals surface area contributed by atoms with E-state index in [0.717, 1.165) is 6.42 Å². The van der Waals surface area contributed by atoms with Crippen LogP contribution in [-0.4, -0.2) is 94.8 Å². The molecule has 300 valence electrons. The molecule has 0 bridgehead atoms. The first-order chi connectivity index (χ1) is 25.7. The molecule has 3 fully saturated rings. The number of aryl methyl sites for hydroxylation is 1. The smallest absolute Gasteiger partial charge is 0.408 e. The monoisotopic (exact) mass is 782 g/mol. The number of carbonyl (C=O) groups is 4. The quantitative estimate of drug-likeness (QED) is 0.343. The summed E-state index contributed by atoms with van der Waals surface area (Å²) in [5, 5.41) is 5.70. The van der Waals surface area contributed by atoms with Gasteiger partial charge in [0.25, 0.3) is 5.91 Å². The van der Waals surface area contributed by atoms with E-state index in [-0.39, 0.29) is 37.1 Å². The van der Waals surface area contributed by atoms with E-state index in [1.807, 2.05) is 19.1 Å². The zero-order valence-corrected chi connectivity index (χ0v) is 33.7. The number of hydrogen-bond acceptors (Lipinski definition) is 11. The van der Waals surface area contributed by atoms with Crippen LogP contribution in [0, 0.1) is 24.7 Å². The van der Waals surface area contributed by atoms with Gasteiger partial charge in [-0.1, -0.05) is 26.0 Å². The van der Waals surface area contributed by atoms with Crippen LogP contribution in [0.4, 0.5) is 4.79 Å². The number of carbonyl (C=O) groups excluding carboxylic acids is 4. The first-order valence-corrected chi connectivity index (χ1v) is 20.6. The Labute approximate surface area is 322 Å². The molecule has 6 rings (SSSR count). The molecule has 3 N–H and O–H groups in total. The van der Waals surface area contributed by atoms with Crippen LogP contribution >= 0.6 is 0 Å². The second-order valence-corrected chi connectivity index (χ2v) is 19.3. The maximum atomic E-state index is 14.8. The fourth-order valence-electron chi connectivity index (χ4n) is 7.53. The number of hydrogen-bond donors (Lipinski definition) is 3. The minimum absolute atomic E-state index is 0.0212. The minimum Gasteiger partial charge on any atom is -0.497 e. The van der Waals surface area contributed by atoms with Gasteiger partial charge in [-0.2, -0.15) is 0 Å². The number of benzene rings is 1. The second-order valence-electron chi connectivity index (χ2n) is 17.1. The Morgan fingerprint density at radius 3 is 2.47 bits per heavy atom. The van der Waals surface area contributed by atoms with E-state index in [0.29, 0.717) is 48.2 Å². The van der Waals surface area contributed by atoms with E-state index < -0.39 is 73.8 Å². The van der Waals surface area contributed by atoms with Crippen molar-refractivity contribution in [2.75, 3.05) is 13.7 Å². The lowest BCUT2D eigenvalue weighted by Gasteiger charge is -2.33. The highest BCUT2D eigenvalue weighted by molar-refractivity contribution is 7.91. The summed E-state index contributed by atoms with van der Waals surface area (Å²) in [5.74, 6) is -1.81. The fourth-order valence-corrected chi connectivity index (χ4v) is 8.85. The van der Waals surface area contributed by atoms with Crippen molar-refractivity contribution in [2.45, 2.75) is 127 Å². The zero-order valence-electron chi connectivity index (χ0n) is 32.9. The summed E-state index contributed by atoms with van der Waals surface area (Å²) in [6.07, 6.45) is 5.43. The van der Waals surface area contributed by atoms with Crippen molar-refractivity contribution >= 4 is 44.9 Å². The van der Waals surface area contributed by atoms with Crippen molar-refractivity contribution in [1.29, 1.82) is 0 Å². The number of methoxy groups -OCH3 is 1. The van der Waals surface area contributed by atoms with Gasteiger partial charge >= 0.3 is 6.09 Å². The third-order valence-electron chi connectivity index (χ3n) is 11.2. The summed E-state index contributed by atoms with van der Waals surface area (Å²) >= 11 is 0. The molecule has 16 heteroatoms. The number of sulfonamides is 1. The number of nitrogens with zero attached hydrogens (tertiary/aromatic N) is 3. The predicted octanol–water partition coefficient (Wildman–Crippen LogP) is 4.07.